The van der Waals surface area contributed by atoms with E-state index >= 15 is 0 Å². The highest BCUT2D eigenvalue weighted by Gasteiger charge is 2.30. The zero-order valence-electron chi connectivity index (χ0n) is 17.3. The van der Waals surface area contributed by atoms with Gasteiger partial charge in [0.2, 0.25) is 0 Å². The summed E-state index contributed by atoms with van der Waals surface area (Å²) in [6.07, 6.45) is -3.37. The third-order valence-electron chi connectivity index (χ3n) is 5.55. The Bertz CT molecular complexity index is 1050. The molecule has 0 aromatic heterocycles. The van der Waals surface area contributed by atoms with Crippen LogP contribution in [0.4, 0.5) is 13.2 Å². The van der Waals surface area contributed by atoms with Crippen LogP contribution in [0.5, 0.6) is 0 Å². The van der Waals surface area contributed by atoms with Gasteiger partial charge >= 0.3 is 6.18 Å². The maximum absolute atomic E-state index is 12.8. The fraction of sp³-hybridized carbons (Fsp3) is 0.280. The summed E-state index contributed by atoms with van der Waals surface area (Å²) in [6, 6.07) is 16.1. The van der Waals surface area contributed by atoms with Gasteiger partial charge in [0.05, 0.1) is 5.56 Å². The van der Waals surface area contributed by atoms with Crippen LogP contribution in [0.3, 0.4) is 0 Å². The van der Waals surface area contributed by atoms with Crippen LogP contribution in [-0.2, 0) is 19.1 Å². The van der Waals surface area contributed by atoms with Gasteiger partial charge in [-0.25, -0.2) is 4.31 Å². The molecule has 1 nitrogen and oxygen atoms in total. The molecule has 1 heterocycles. The van der Waals surface area contributed by atoms with Crippen LogP contribution in [0.2, 0.25) is 0 Å². The number of halogens is 3. The molecule has 3 aromatic rings. The van der Waals surface area contributed by atoms with Crippen molar-refractivity contribution in [2.75, 3.05) is 6.54 Å². The highest BCUT2D eigenvalue weighted by Crippen LogP contribution is 2.36. The lowest BCUT2D eigenvalue weighted by Gasteiger charge is -2.29. The zero-order chi connectivity index (χ0) is 21.5. The molecule has 1 aliphatic heterocycles. The summed E-state index contributed by atoms with van der Waals surface area (Å²) in [4.78, 5) is 1.32. The maximum atomic E-state index is 12.8. The van der Waals surface area contributed by atoms with Crippen molar-refractivity contribution in [1.82, 2.24) is 4.31 Å². The first-order valence-electron chi connectivity index (χ1n) is 10.0. The van der Waals surface area contributed by atoms with Gasteiger partial charge in [-0.05, 0) is 84.7 Å². The SMILES string of the molecule is Cc1cc(C)c(SN2CCc3cc(-c4ccc(C(F)(F)F)cc4)ccc3C2)c(C)c1. The lowest BCUT2D eigenvalue weighted by Crippen LogP contribution is -2.24. The molecule has 5 heteroatoms. The Kier molecular flexibility index (Phi) is 5.69. The lowest BCUT2D eigenvalue weighted by atomic mass is 9.95. The van der Waals surface area contributed by atoms with Gasteiger partial charge in [0.25, 0.3) is 0 Å². The van der Waals surface area contributed by atoms with Crippen LogP contribution in [-0.4, -0.2) is 10.8 Å². The first kappa shape index (κ1) is 21.0. The number of alkyl halides is 3. The maximum Gasteiger partial charge on any atom is 0.416 e. The highest BCUT2D eigenvalue weighted by atomic mass is 32.2. The van der Waals surface area contributed by atoms with Gasteiger partial charge < -0.3 is 0 Å². The van der Waals surface area contributed by atoms with Crippen molar-refractivity contribution in [2.24, 2.45) is 0 Å². The minimum atomic E-state index is -4.30. The van der Waals surface area contributed by atoms with Crippen molar-refractivity contribution in [1.29, 1.82) is 0 Å². The molecule has 0 atom stereocenters. The number of fused-ring (bicyclic) bond motifs is 1. The summed E-state index contributed by atoms with van der Waals surface area (Å²) < 4.78 is 40.8. The number of rotatable bonds is 3. The summed E-state index contributed by atoms with van der Waals surface area (Å²) in [5.41, 5.74) is 7.63. The molecule has 0 saturated heterocycles. The molecular formula is C25H24F3NS. The predicted molar refractivity (Wildman–Crippen MR) is 118 cm³/mol. The fourth-order valence-electron chi connectivity index (χ4n) is 4.08. The Morgan fingerprint density at radius 1 is 0.800 bits per heavy atom. The van der Waals surface area contributed by atoms with E-state index in [1.807, 2.05) is 18.0 Å². The first-order chi connectivity index (χ1) is 14.2. The predicted octanol–water partition coefficient (Wildman–Crippen LogP) is 7.36. The molecule has 0 bridgehead atoms. The summed E-state index contributed by atoms with van der Waals surface area (Å²) >= 11 is 1.82. The van der Waals surface area contributed by atoms with E-state index in [9.17, 15) is 13.2 Å². The zero-order valence-corrected chi connectivity index (χ0v) is 18.1. The van der Waals surface area contributed by atoms with Crippen LogP contribution in [0, 0.1) is 20.8 Å². The molecule has 4 rings (SSSR count). The van der Waals surface area contributed by atoms with E-state index in [2.05, 4.69) is 49.3 Å². The van der Waals surface area contributed by atoms with Crippen molar-refractivity contribution in [2.45, 2.75) is 44.8 Å². The van der Waals surface area contributed by atoms with Crippen LogP contribution in [0.1, 0.15) is 33.4 Å². The Labute approximate surface area is 180 Å². The van der Waals surface area contributed by atoms with Crippen molar-refractivity contribution >= 4 is 11.9 Å². The minimum Gasteiger partial charge on any atom is -0.242 e. The average molecular weight is 428 g/mol. The minimum absolute atomic E-state index is 0.612. The number of benzene rings is 3. The summed E-state index contributed by atoms with van der Waals surface area (Å²) in [5.74, 6) is 0. The molecule has 0 N–H and O–H groups in total. The molecule has 1 aliphatic rings. The van der Waals surface area contributed by atoms with E-state index in [1.165, 1.54) is 32.7 Å². The molecule has 3 aromatic carbocycles. The van der Waals surface area contributed by atoms with Crippen molar-refractivity contribution in [3.63, 3.8) is 0 Å². The van der Waals surface area contributed by atoms with Gasteiger partial charge in [-0.2, -0.15) is 13.2 Å². The second-order valence-corrected chi connectivity index (χ2v) is 9.10. The van der Waals surface area contributed by atoms with Crippen molar-refractivity contribution < 1.29 is 13.2 Å². The Balaban J connectivity index is 1.51. The molecule has 0 unspecified atom stereocenters. The van der Waals surface area contributed by atoms with Crippen LogP contribution < -0.4 is 0 Å². The van der Waals surface area contributed by atoms with Crippen LogP contribution in [0.25, 0.3) is 11.1 Å². The molecule has 0 saturated carbocycles. The number of aryl methyl sites for hydroxylation is 3. The molecule has 0 spiro atoms. The summed E-state index contributed by atoms with van der Waals surface area (Å²) in [6.45, 7) is 8.26. The van der Waals surface area contributed by atoms with E-state index in [0.717, 1.165) is 42.8 Å². The largest absolute Gasteiger partial charge is 0.416 e. The number of hydrogen-bond acceptors (Lipinski definition) is 2. The van der Waals surface area contributed by atoms with E-state index < -0.39 is 11.7 Å². The van der Waals surface area contributed by atoms with Crippen LogP contribution in [0.15, 0.2) is 59.5 Å². The molecule has 0 radical (unpaired) electrons. The normalized spacial score (nSPS) is 14.6. The summed E-state index contributed by atoms with van der Waals surface area (Å²) in [5, 5.41) is 0. The van der Waals surface area contributed by atoms with Crippen LogP contribution >= 0.6 is 11.9 Å². The second kappa shape index (κ2) is 8.12. The summed E-state index contributed by atoms with van der Waals surface area (Å²) in [7, 11) is 0. The molecular weight excluding hydrogens is 403 g/mol. The molecule has 30 heavy (non-hydrogen) atoms. The monoisotopic (exact) mass is 427 g/mol. The second-order valence-electron chi connectivity index (χ2n) is 7.99. The van der Waals surface area contributed by atoms with Gasteiger partial charge in [0, 0.05) is 18.0 Å². The standard InChI is InChI=1S/C25H24F3NS/c1-16-12-17(2)24(18(3)13-16)30-29-11-10-21-14-20(4-5-22(21)15-29)19-6-8-23(9-7-19)25(26,27)28/h4-9,12-14H,10-11,15H2,1-3H3. The van der Waals surface area contributed by atoms with Crippen molar-refractivity contribution in [3.8, 4) is 11.1 Å². The van der Waals surface area contributed by atoms with E-state index in [0.29, 0.717) is 0 Å². The molecule has 0 amide bonds. The quantitative estimate of drug-likeness (QED) is 0.402. The van der Waals surface area contributed by atoms with E-state index in [1.54, 1.807) is 12.1 Å². The third-order valence-corrected chi connectivity index (χ3v) is 6.95. The van der Waals surface area contributed by atoms with Crippen molar-refractivity contribution in [3.05, 3.63) is 88.0 Å². The molecule has 0 fully saturated rings. The Hall–Kier alpha value is -2.24. The number of hydrogen-bond donors (Lipinski definition) is 0. The van der Waals surface area contributed by atoms with E-state index in [-0.39, 0.29) is 0 Å². The van der Waals surface area contributed by atoms with Gasteiger partial charge in [-0.15, -0.1) is 0 Å². The first-order valence-corrected chi connectivity index (χ1v) is 10.8. The smallest absolute Gasteiger partial charge is 0.242 e. The lowest BCUT2D eigenvalue weighted by molar-refractivity contribution is -0.137. The average Bonchev–Trinajstić information content (AvgIpc) is 2.69. The van der Waals surface area contributed by atoms with Gasteiger partial charge in [0.15, 0.2) is 0 Å². The molecule has 0 aliphatic carbocycles. The van der Waals surface area contributed by atoms with Gasteiger partial charge in [-0.1, -0.05) is 48.0 Å². The van der Waals surface area contributed by atoms with Gasteiger partial charge in [0.1, 0.15) is 0 Å². The Morgan fingerprint density at radius 2 is 1.43 bits per heavy atom. The fourth-order valence-corrected chi connectivity index (χ4v) is 5.13. The van der Waals surface area contributed by atoms with Gasteiger partial charge in [-0.3, -0.25) is 0 Å². The van der Waals surface area contributed by atoms with E-state index in [4.69, 9.17) is 0 Å². The Morgan fingerprint density at radius 3 is 2.07 bits per heavy atom. The molecule has 156 valence electrons. The topological polar surface area (TPSA) is 3.24 Å². The third kappa shape index (κ3) is 4.42. The number of nitrogens with zero attached hydrogens (tertiary/aromatic N) is 1. The highest BCUT2D eigenvalue weighted by molar-refractivity contribution is 7.97.